The summed E-state index contributed by atoms with van der Waals surface area (Å²) in [5, 5.41) is 23.1. The highest BCUT2D eigenvalue weighted by Crippen LogP contribution is 2.38. The SMILES string of the molecule is CC[C@@H](CC(=O)O)c1ccc(N2CCC[C@H]2C(C)(C)O)c(NC(=O)Cc2ccc(C)cc2)c1. The Morgan fingerprint density at radius 1 is 1.18 bits per heavy atom. The van der Waals surface area contributed by atoms with Crippen molar-refractivity contribution in [2.75, 3.05) is 16.8 Å². The Hall–Kier alpha value is -2.86. The lowest BCUT2D eigenvalue weighted by Gasteiger charge is -2.36. The van der Waals surface area contributed by atoms with Gasteiger partial charge in [-0.3, -0.25) is 9.59 Å². The summed E-state index contributed by atoms with van der Waals surface area (Å²) in [5.74, 6) is -1.09. The predicted molar refractivity (Wildman–Crippen MR) is 132 cm³/mol. The van der Waals surface area contributed by atoms with Gasteiger partial charge in [0.1, 0.15) is 0 Å². The van der Waals surface area contributed by atoms with Gasteiger partial charge in [0.05, 0.1) is 35.9 Å². The van der Waals surface area contributed by atoms with Crippen molar-refractivity contribution in [1.82, 2.24) is 0 Å². The number of hydrogen-bond donors (Lipinski definition) is 3. The number of carbonyl (C=O) groups is 2. The highest BCUT2D eigenvalue weighted by molar-refractivity contribution is 5.96. The molecule has 0 spiro atoms. The molecule has 0 unspecified atom stereocenters. The van der Waals surface area contributed by atoms with Crippen molar-refractivity contribution in [2.24, 2.45) is 0 Å². The molecule has 1 amide bonds. The molecule has 178 valence electrons. The number of carbonyl (C=O) groups excluding carboxylic acids is 1. The van der Waals surface area contributed by atoms with Gasteiger partial charge in [0.2, 0.25) is 5.91 Å². The normalized spacial score (nSPS) is 17.1. The van der Waals surface area contributed by atoms with Crippen molar-refractivity contribution < 1.29 is 19.8 Å². The number of rotatable bonds is 9. The standard InChI is InChI=1S/C27H36N2O4/c1-5-20(17-26(31)32)21-12-13-23(29-14-6-7-24(29)27(3,4)33)22(16-21)28-25(30)15-19-10-8-18(2)9-11-19/h8-13,16,20,24,33H,5-7,14-15,17H2,1-4H3,(H,28,30)(H,31,32)/t20-,24-/m0/s1. The number of amides is 1. The van der Waals surface area contributed by atoms with E-state index in [4.69, 9.17) is 0 Å². The van der Waals surface area contributed by atoms with Crippen LogP contribution in [-0.4, -0.2) is 40.3 Å². The first kappa shape index (κ1) is 24.8. The fraction of sp³-hybridized carbons (Fsp3) is 0.481. The number of nitrogens with zero attached hydrogens (tertiary/aromatic N) is 1. The maximum absolute atomic E-state index is 13.0. The molecule has 1 saturated heterocycles. The fourth-order valence-electron chi connectivity index (χ4n) is 4.74. The van der Waals surface area contributed by atoms with Crippen molar-refractivity contribution >= 4 is 23.3 Å². The van der Waals surface area contributed by atoms with E-state index in [0.29, 0.717) is 12.1 Å². The van der Waals surface area contributed by atoms with E-state index in [2.05, 4.69) is 10.2 Å². The highest BCUT2D eigenvalue weighted by atomic mass is 16.4. The number of hydrogen-bond acceptors (Lipinski definition) is 4. The van der Waals surface area contributed by atoms with Gasteiger partial charge in [0, 0.05) is 6.54 Å². The Bertz CT molecular complexity index is 979. The average Bonchev–Trinajstić information content (AvgIpc) is 3.24. The van der Waals surface area contributed by atoms with Crippen molar-refractivity contribution in [3.05, 3.63) is 59.2 Å². The molecule has 2 aromatic carbocycles. The van der Waals surface area contributed by atoms with Crippen molar-refractivity contribution in [1.29, 1.82) is 0 Å². The van der Waals surface area contributed by atoms with E-state index >= 15 is 0 Å². The summed E-state index contributed by atoms with van der Waals surface area (Å²) in [6.45, 7) is 8.42. The first-order valence-corrected chi connectivity index (χ1v) is 11.8. The molecule has 6 nitrogen and oxygen atoms in total. The number of benzene rings is 2. The third-order valence-corrected chi connectivity index (χ3v) is 6.54. The topological polar surface area (TPSA) is 89.9 Å². The average molecular weight is 453 g/mol. The van der Waals surface area contributed by atoms with Crippen LogP contribution in [0.1, 0.15) is 69.1 Å². The number of aliphatic hydroxyl groups is 1. The summed E-state index contributed by atoms with van der Waals surface area (Å²) in [7, 11) is 0. The van der Waals surface area contributed by atoms with Crippen LogP contribution in [0.4, 0.5) is 11.4 Å². The molecule has 0 bridgehead atoms. The fourth-order valence-corrected chi connectivity index (χ4v) is 4.74. The molecule has 3 rings (SSSR count). The first-order chi connectivity index (χ1) is 15.6. The third kappa shape index (κ3) is 6.35. The quantitative estimate of drug-likeness (QED) is 0.504. The van der Waals surface area contributed by atoms with E-state index in [0.717, 1.165) is 41.8 Å². The number of carboxylic acid groups (broad SMARTS) is 1. The minimum atomic E-state index is -0.881. The summed E-state index contributed by atoms with van der Waals surface area (Å²) in [6, 6.07) is 13.7. The highest BCUT2D eigenvalue weighted by Gasteiger charge is 2.37. The zero-order valence-corrected chi connectivity index (χ0v) is 20.1. The predicted octanol–water partition coefficient (Wildman–Crippen LogP) is 4.88. The zero-order chi connectivity index (χ0) is 24.2. The number of anilines is 2. The smallest absolute Gasteiger partial charge is 0.303 e. The minimum absolute atomic E-state index is 0.0443. The molecule has 0 aromatic heterocycles. The van der Waals surface area contributed by atoms with Crippen LogP contribution in [0.3, 0.4) is 0 Å². The lowest BCUT2D eigenvalue weighted by molar-refractivity contribution is -0.137. The van der Waals surface area contributed by atoms with Crippen LogP contribution in [0.25, 0.3) is 0 Å². The Balaban J connectivity index is 1.94. The lowest BCUT2D eigenvalue weighted by atomic mass is 9.91. The molecule has 2 atom stereocenters. The molecule has 2 aromatic rings. The van der Waals surface area contributed by atoms with E-state index in [1.54, 1.807) is 0 Å². The van der Waals surface area contributed by atoms with E-state index in [-0.39, 0.29) is 30.7 Å². The monoisotopic (exact) mass is 452 g/mol. The van der Waals surface area contributed by atoms with E-state index in [1.165, 1.54) is 0 Å². The summed E-state index contributed by atoms with van der Waals surface area (Å²) in [4.78, 5) is 26.5. The van der Waals surface area contributed by atoms with Crippen LogP contribution in [0.15, 0.2) is 42.5 Å². The Kier molecular flexibility index (Phi) is 7.80. The van der Waals surface area contributed by atoms with Crippen molar-refractivity contribution in [2.45, 2.75) is 77.4 Å². The number of nitrogens with one attached hydrogen (secondary N) is 1. The molecule has 0 aliphatic carbocycles. The van der Waals surface area contributed by atoms with Gasteiger partial charge in [-0.1, -0.05) is 42.8 Å². The number of aliphatic carboxylic acids is 1. The minimum Gasteiger partial charge on any atom is -0.481 e. The van der Waals surface area contributed by atoms with E-state index < -0.39 is 11.6 Å². The maximum Gasteiger partial charge on any atom is 0.303 e. The molecule has 1 heterocycles. The Morgan fingerprint density at radius 2 is 1.88 bits per heavy atom. The third-order valence-electron chi connectivity index (χ3n) is 6.54. The first-order valence-electron chi connectivity index (χ1n) is 11.8. The molecule has 6 heteroatoms. The van der Waals surface area contributed by atoms with Gasteiger partial charge in [-0.15, -0.1) is 0 Å². The molecule has 1 aliphatic heterocycles. The second-order valence-electron chi connectivity index (χ2n) is 9.70. The Labute approximate surface area is 196 Å². The van der Waals surface area contributed by atoms with Crippen LogP contribution in [0.2, 0.25) is 0 Å². The van der Waals surface area contributed by atoms with Gasteiger partial charge in [0.25, 0.3) is 0 Å². The summed E-state index contributed by atoms with van der Waals surface area (Å²) in [6.07, 6.45) is 2.83. The molecular formula is C27H36N2O4. The second kappa shape index (κ2) is 10.4. The van der Waals surface area contributed by atoms with Gasteiger partial charge in [-0.2, -0.15) is 0 Å². The van der Waals surface area contributed by atoms with Crippen molar-refractivity contribution in [3.8, 4) is 0 Å². The number of aryl methyl sites for hydroxylation is 1. The van der Waals surface area contributed by atoms with Crippen LogP contribution in [-0.2, 0) is 16.0 Å². The second-order valence-corrected chi connectivity index (χ2v) is 9.70. The molecule has 33 heavy (non-hydrogen) atoms. The van der Waals surface area contributed by atoms with E-state index in [1.807, 2.05) is 70.2 Å². The van der Waals surface area contributed by atoms with Gasteiger partial charge in [-0.25, -0.2) is 0 Å². The molecule has 1 fully saturated rings. The maximum atomic E-state index is 13.0. The summed E-state index contributed by atoms with van der Waals surface area (Å²) in [5.41, 5.74) is 3.63. The van der Waals surface area contributed by atoms with Crippen molar-refractivity contribution in [3.63, 3.8) is 0 Å². The van der Waals surface area contributed by atoms with Crippen LogP contribution >= 0.6 is 0 Å². The van der Waals surface area contributed by atoms with E-state index in [9.17, 15) is 19.8 Å². The van der Waals surface area contributed by atoms with Crippen LogP contribution < -0.4 is 10.2 Å². The van der Waals surface area contributed by atoms with Gasteiger partial charge in [0.15, 0.2) is 0 Å². The van der Waals surface area contributed by atoms with Gasteiger partial charge < -0.3 is 20.4 Å². The van der Waals surface area contributed by atoms with Gasteiger partial charge in [-0.05, 0) is 69.2 Å². The molecule has 0 saturated carbocycles. The molecular weight excluding hydrogens is 416 g/mol. The largest absolute Gasteiger partial charge is 0.481 e. The van der Waals surface area contributed by atoms with Crippen LogP contribution in [0.5, 0.6) is 0 Å². The zero-order valence-electron chi connectivity index (χ0n) is 20.1. The summed E-state index contributed by atoms with van der Waals surface area (Å²) >= 11 is 0. The number of carboxylic acids is 1. The Morgan fingerprint density at radius 3 is 2.48 bits per heavy atom. The lowest BCUT2D eigenvalue weighted by Crippen LogP contribution is -2.46. The molecule has 3 N–H and O–H groups in total. The van der Waals surface area contributed by atoms with Gasteiger partial charge >= 0.3 is 5.97 Å². The van der Waals surface area contributed by atoms with Crippen LogP contribution in [0, 0.1) is 6.92 Å². The molecule has 1 aliphatic rings. The molecule has 0 radical (unpaired) electrons. The summed E-state index contributed by atoms with van der Waals surface area (Å²) < 4.78 is 0.